The second-order valence-corrected chi connectivity index (χ2v) is 7.36. The SMILES string of the molecule is Cc1ccc(C)n1C[C@H]1CC[C@@H](NCC(=O)N2CCC[C@H]2C#N)C1. The lowest BCUT2D eigenvalue weighted by Gasteiger charge is -2.21. The average molecular weight is 328 g/mol. The van der Waals surface area contributed by atoms with E-state index in [1.165, 1.54) is 17.8 Å². The maximum Gasteiger partial charge on any atom is 0.237 e. The predicted molar refractivity (Wildman–Crippen MR) is 93.4 cm³/mol. The first kappa shape index (κ1) is 17.0. The van der Waals surface area contributed by atoms with Crippen molar-refractivity contribution in [2.45, 2.75) is 64.6 Å². The molecule has 1 aromatic heterocycles. The molecule has 1 amide bonds. The zero-order valence-electron chi connectivity index (χ0n) is 14.8. The third-order valence-corrected chi connectivity index (χ3v) is 5.66. The van der Waals surface area contributed by atoms with E-state index >= 15 is 0 Å². The summed E-state index contributed by atoms with van der Waals surface area (Å²) in [5, 5.41) is 12.5. The number of aryl methyl sites for hydroxylation is 2. The lowest BCUT2D eigenvalue weighted by atomic mass is 10.1. The van der Waals surface area contributed by atoms with Gasteiger partial charge in [-0.2, -0.15) is 5.26 Å². The normalized spacial score (nSPS) is 26.7. The van der Waals surface area contributed by atoms with Crippen LogP contribution in [0.1, 0.15) is 43.5 Å². The maximum absolute atomic E-state index is 12.3. The number of nitrogens with zero attached hydrogens (tertiary/aromatic N) is 3. The smallest absolute Gasteiger partial charge is 0.237 e. The number of amides is 1. The molecule has 1 saturated heterocycles. The van der Waals surface area contributed by atoms with Crippen LogP contribution in [0.4, 0.5) is 0 Å². The van der Waals surface area contributed by atoms with E-state index in [4.69, 9.17) is 5.26 Å². The molecule has 0 bridgehead atoms. The van der Waals surface area contributed by atoms with E-state index in [0.29, 0.717) is 18.5 Å². The monoisotopic (exact) mass is 328 g/mol. The van der Waals surface area contributed by atoms with Crippen LogP contribution < -0.4 is 5.32 Å². The average Bonchev–Trinajstić information content (AvgIpc) is 3.29. The lowest BCUT2D eigenvalue weighted by Crippen LogP contribution is -2.42. The van der Waals surface area contributed by atoms with Crippen molar-refractivity contribution in [3.8, 4) is 6.07 Å². The summed E-state index contributed by atoms with van der Waals surface area (Å²) in [6.45, 7) is 6.52. The quantitative estimate of drug-likeness (QED) is 0.903. The summed E-state index contributed by atoms with van der Waals surface area (Å²) in [7, 11) is 0. The summed E-state index contributed by atoms with van der Waals surface area (Å²) in [6.07, 6.45) is 5.26. The number of aromatic nitrogens is 1. The highest BCUT2D eigenvalue weighted by Gasteiger charge is 2.30. The standard InChI is InChI=1S/C19H28N4O/c1-14-5-6-15(2)23(14)13-16-7-8-17(10-16)21-12-19(24)22-9-3-4-18(22)11-20/h5-6,16-18,21H,3-4,7-10,12-13H2,1-2H3/t16-,17+,18-/m0/s1. The molecule has 24 heavy (non-hydrogen) atoms. The molecule has 0 radical (unpaired) electrons. The molecular formula is C19H28N4O. The van der Waals surface area contributed by atoms with Gasteiger partial charge in [0, 0.05) is 30.5 Å². The van der Waals surface area contributed by atoms with Crippen LogP contribution in [-0.2, 0) is 11.3 Å². The highest BCUT2D eigenvalue weighted by Crippen LogP contribution is 2.28. The van der Waals surface area contributed by atoms with Crippen LogP contribution in [0, 0.1) is 31.1 Å². The maximum atomic E-state index is 12.3. The van der Waals surface area contributed by atoms with Crippen molar-refractivity contribution >= 4 is 5.91 Å². The first-order chi connectivity index (χ1) is 11.6. The molecule has 5 nitrogen and oxygen atoms in total. The Morgan fingerprint density at radius 1 is 1.29 bits per heavy atom. The Morgan fingerprint density at radius 2 is 2.04 bits per heavy atom. The van der Waals surface area contributed by atoms with Crippen LogP contribution in [0.5, 0.6) is 0 Å². The van der Waals surface area contributed by atoms with Crippen LogP contribution >= 0.6 is 0 Å². The Morgan fingerprint density at radius 3 is 2.75 bits per heavy atom. The van der Waals surface area contributed by atoms with Gasteiger partial charge in [0.15, 0.2) is 0 Å². The fourth-order valence-corrected chi connectivity index (χ4v) is 4.20. The number of rotatable bonds is 5. The molecule has 1 saturated carbocycles. The zero-order chi connectivity index (χ0) is 17.1. The second-order valence-electron chi connectivity index (χ2n) is 7.36. The minimum Gasteiger partial charge on any atom is -0.349 e. The number of likely N-dealkylation sites (tertiary alicyclic amines) is 1. The molecule has 1 aliphatic heterocycles. The van der Waals surface area contributed by atoms with Crippen molar-refractivity contribution in [1.82, 2.24) is 14.8 Å². The molecule has 130 valence electrons. The molecule has 5 heteroatoms. The van der Waals surface area contributed by atoms with Gasteiger partial charge in [-0.3, -0.25) is 4.79 Å². The summed E-state index contributed by atoms with van der Waals surface area (Å²) in [4.78, 5) is 14.0. The van der Waals surface area contributed by atoms with Crippen molar-refractivity contribution in [2.75, 3.05) is 13.1 Å². The van der Waals surface area contributed by atoms with E-state index in [2.05, 4.69) is 41.9 Å². The third-order valence-electron chi connectivity index (χ3n) is 5.66. The molecular weight excluding hydrogens is 300 g/mol. The molecule has 1 N–H and O–H groups in total. The van der Waals surface area contributed by atoms with Crippen LogP contribution in [0.2, 0.25) is 0 Å². The van der Waals surface area contributed by atoms with Gasteiger partial charge in [0.05, 0.1) is 12.6 Å². The van der Waals surface area contributed by atoms with E-state index in [-0.39, 0.29) is 11.9 Å². The van der Waals surface area contributed by atoms with Crippen LogP contribution in [-0.4, -0.2) is 40.5 Å². The molecule has 1 aromatic rings. The minimum atomic E-state index is -0.213. The summed E-state index contributed by atoms with van der Waals surface area (Å²) in [6, 6.07) is 6.82. The molecule has 0 unspecified atom stereocenters. The molecule has 3 atom stereocenters. The topological polar surface area (TPSA) is 61.1 Å². The Bertz CT molecular complexity index is 610. The molecule has 2 aliphatic rings. The fourth-order valence-electron chi connectivity index (χ4n) is 4.20. The number of nitrogens with one attached hydrogen (secondary N) is 1. The van der Waals surface area contributed by atoms with Gasteiger partial charge in [-0.25, -0.2) is 0 Å². The van der Waals surface area contributed by atoms with Gasteiger partial charge < -0.3 is 14.8 Å². The number of hydrogen-bond acceptors (Lipinski definition) is 3. The highest BCUT2D eigenvalue weighted by molar-refractivity contribution is 5.79. The highest BCUT2D eigenvalue weighted by atomic mass is 16.2. The van der Waals surface area contributed by atoms with Gasteiger partial charge in [0.1, 0.15) is 6.04 Å². The summed E-state index contributed by atoms with van der Waals surface area (Å²) >= 11 is 0. The van der Waals surface area contributed by atoms with E-state index in [1.54, 1.807) is 4.90 Å². The van der Waals surface area contributed by atoms with Gasteiger partial charge in [-0.05, 0) is 64.0 Å². The zero-order valence-corrected chi connectivity index (χ0v) is 14.8. The molecule has 1 aliphatic carbocycles. The molecule has 2 fully saturated rings. The van der Waals surface area contributed by atoms with Crippen molar-refractivity contribution in [1.29, 1.82) is 5.26 Å². The van der Waals surface area contributed by atoms with Gasteiger partial charge >= 0.3 is 0 Å². The van der Waals surface area contributed by atoms with Crippen LogP contribution in [0.15, 0.2) is 12.1 Å². The number of carbonyl (C=O) groups is 1. The number of carbonyl (C=O) groups excluding carboxylic acids is 1. The number of hydrogen-bond donors (Lipinski definition) is 1. The third kappa shape index (κ3) is 3.64. The summed E-state index contributed by atoms with van der Waals surface area (Å²) in [5.41, 5.74) is 2.66. The minimum absolute atomic E-state index is 0.0830. The fraction of sp³-hybridized carbons (Fsp3) is 0.684. The molecule has 0 aromatic carbocycles. The first-order valence-electron chi connectivity index (χ1n) is 9.13. The van der Waals surface area contributed by atoms with Crippen LogP contribution in [0.25, 0.3) is 0 Å². The lowest BCUT2D eigenvalue weighted by molar-refractivity contribution is -0.130. The molecule has 2 heterocycles. The van der Waals surface area contributed by atoms with Crippen molar-refractivity contribution in [3.05, 3.63) is 23.5 Å². The Kier molecular flexibility index (Phi) is 5.25. The Hall–Kier alpha value is -1.80. The largest absolute Gasteiger partial charge is 0.349 e. The van der Waals surface area contributed by atoms with Crippen molar-refractivity contribution in [3.63, 3.8) is 0 Å². The molecule has 3 rings (SSSR count). The van der Waals surface area contributed by atoms with Gasteiger partial charge in [-0.1, -0.05) is 0 Å². The van der Waals surface area contributed by atoms with E-state index < -0.39 is 0 Å². The van der Waals surface area contributed by atoms with Crippen molar-refractivity contribution in [2.24, 2.45) is 5.92 Å². The Labute approximate surface area is 144 Å². The van der Waals surface area contributed by atoms with Gasteiger partial charge in [0.25, 0.3) is 0 Å². The first-order valence-corrected chi connectivity index (χ1v) is 9.13. The molecule has 0 spiro atoms. The van der Waals surface area contributed by atoms with Gasteiger partial charge in [0.2, 0.25) is 5.91 Å². The number of nitriles is 1. The summed E-state index contributed by atoms with van der Waals surface area (Å²) < 4.78 is 2.40. The van der Waals surface area contributed by atoms with E-state index in [1.807, 2.05) is 0 Å². The summed E-state index contributed by atoms with van der Waals surface area (Å²) in [5.74, 6) is 0.764. The second kappa shape index (κ2) is 7.40. The Balaban J connectivity index is 1.45. The van der Waals surface area contributed by atoms with E-state index in [9.17, 15) is 4.79 Å². The predicted octanol–water partition coefficient (Wildman–Crippen LogP) is 2.38. The van der Waals surface area contributed by atoms with Crippen molar-refractivity contribution < 1.29 is 4.79 Å². The van der Waals surface area contributed by atoms with E-state index in [0.717, 1.165) is 38.8 Å². The van der Waals surface area contributed by atoms with Gasteiger partial charge in [-0.15, -0.1) is 0 Å². The van der Waals surface area contributed by atoms with Crippen LogP contribution in [0.3, 0.4) is 0 Å².